The zero-order valence-electron chi connectivity index (χ0n) is 15.5. The third-order valence-electron chi connectivity index (χ3n) is 5.02. The molecule has 0 aromatic carbocycles. The van der Waals surface area contributed by atoms with Crippen molar-refractivity contribution in [2.75, 3.05) is 6.54 Å². The number of nitrogens with one attached hydrogen (secondary N) is 2. The number of likely N-dealkylation sites (tertiary alicyclic amines) is 1. The van der Waals surface area contributed by atoms with Crippen LogP contribution in [0, 0.1) is 0 Å². The number of aromatic nitrogens is 3. The molecule has 1 fully saturated rings. The topological polar surface area (TPSA) is 108 Å². The maximum absolute atomic E-state index is 12.8. The van der Waals surface area contributed by atoms with Crippen molar-refractivity contribution < 1.29 is 13.2 Å². The summed E-state index contributed by atoms with van der Waals surface area (Å²) in [6.45, 7) is 0.861. The average Bonchev–Trinajstić information content (AvgIpc) is 3.40. The minimum absolute atomic E-state index is 0.113. The van der Waals surface area contributed by atoms with Crippen LogP contribution in [0.4, 0.5) is 0 Å². The van der Waals surface area contributed by atoms with Crippen LogP contribution in [0.25, 0.3) is 21.1 Å². The summed E-state index contributed by atoms with van der Waals surface area (Å²) in [5, 5.41) is 1.31. The molecule has 154 valence electrons. The second-order valence-electron chi connectivity index (χ2n) is 7.06. The number of aromatic amines is 1. The monoisotopic (exact) mass is 461 g/mol. The molecule has 0 radical (unpaired) electrons. The number of sulfonamides is 1. The Morgan fingerprint density at radius 3 is 3.00 bits per heavy atom. The maximum atomic E-state index is 12.8. The second-order valence-corrected chi connectivity index (χ2v) is 10.5. The molecule has 5 heterocycles. The fraction of sp³-hybridized carbons (Fsp3) is 0.211. The van der Waals surface area contributed by atoms with E-state index in [0.717, 1.165) is 27.9 Å². The van der Waals surface area contributed by atoms with Crippen molar-refractivity contribution in [3.8, 4) is 0 Å². The van der Waals surface area contributed by atoms with Gasteiger partial charge in [0.25, 0.3) is 10.0 Å². The van der Waals surface area contributed by atoms with Gasteiger partial charge in [0.2, 0.25) is 5.91 Å². The van der Waals surface area contributed by atoms with Crippen LogP contribution in [0.15, 0.2) is 46.9 Å². The largest absolute Gasteiger partial charge is 0.356 e. The van der Waals surface area contributed by atoms with Crippen molar-refractivity contribution in [2.24, 2.45) is 0 Å². The summed E-state index contributed by atoms with van der Waals surface area (Å²) in [6.07, 6.45) is 3.85. The van der Waals surface area contributed by atoms with Crippen molar-refractivity contribution in [3.63, 3.8) is 0 Å². The van der Waals surface area contributed by atoms with Crippen LogP contribution in [0.5, 0.6) is 0 Å². The van der Waals surface area contributed by atoms with Crippen molar-refractivity contribution in [2.45, 2.75) is 23.2 Å². The second kappa shape index (κ2) is 7.31. The highest BCUT2D eigenvalue weighted by molar-refractivity contribution is 7.91. The number of amides is 1. The summed E-state index contributed by atoms with van der Waals surface area (Å²) in [6, 6.07) is 7.89. The number of halogens is 1. The van der Waals surface area contributed by atoms with E-state index in [-0.39, 0.29) is 10.1 Å². The van der Waals surface area contributed by atoms with E-state index >= 15 is 0 Å². The number of pyridine rings is 2. The van der Waals surface area contributed by atoms with Gasteiger partial charge >= 0.3 is 0 Å². The number of hydrogen-bond donors (Lipinski definition) is 2. The molecule has 5 rings (SSSR count). The van der Waals surface area contributed by atoms with Crippen LogP contribution < -0.4 is 4.72 Å². The molecular weight excluding hydrogens is 446 g/mol. The van der Waals surface area contributed by atoms with E-state index < -0.39 is 16.1 Å². The predicted octanol–water partition coefficient (Wildman–Crippen LogP) is 2.91. The molecule has 0 bridgehead atoms. The zero-order chi connectivity index (χ0) is 20.9. The SMILES string of the molecule is O=C1[C@@H](NS(=O)(=O)c2cc3nc(Cl)ccc3s2)CCN1Cc1cc2ccncc2[nH]1. The van der Waals surface area contributed by atoms with Gasteiger partial charge in [0, 0.05) is 23.8 Å². The van der Waals surface area contributed by atoms with Gasteiger partial charge in [-0.25, -0.2) is 13.4 Å². The van der Waals surface area contributed by atoms with Gasteiger partial charge in [0.15, 0.2) is 0 Å². The number of nitrogens with zero attached hydrogens (tertiary/aromatic N) is 3. The Labute approximate surface area is 180 Å². The van der Waals surface area contributed by atoms with Crippen LogP contribution >= 0.6 is 22.9 Å². The quantitative estimate of drug-likeness (QED) is 0.444. The van der Waals surface area contributed by atoms with Gasteiger partial charge in [0.05, 0.1) is 28.5 Å². The number of carbonyl (C=O) groups is 1. The lowest BCUT2D eigenvalue weighted by Crippen LogP contribution is -2.41. The number of H-pyrrole nitrogens is 1. The third-order valence-corrected chi connectivity index (χ3v) is 8.26. The first kappa shape index (κ1) is 19.4. The van der Waals surface area contributed by atoms with Gasteiger partial charge < -0.3 is 9.88 Å². The molecule has 4 aromatic rings. The minimum atomic E-state index is -3.85. The van der Waals surface area contributed by atoms with E-state index in [4.69, 9.17) is 11.6 Å². The lowest BCUT2D eigenvalue weighted by molar-refractivity contribution is -0.129. The molecular formula is C19H16ClN5O3S2. The molecule has 2 N–H and O–H groups in total. The number of rotatable bonds is 5. The van der Waals surface area contributed by atoms with Crippen LogP contribution in [-0.4, -0.2) is 46.8 Å². The van der Waals surface area contributed by atoms with Crippen LogP contribution in [0.1, 0.15) is 12.1 Å². The van der Waals surface area contributed by atoms with E-state index in [2.05, 4.69) is 19.7 Å². The molecule has 11 heteroatoms. The Balaban J connectivity index is 1.31. The summed E-state index contributed by atoms with van der Waals surface area (Å²) in [4.78, 5) is 25.9. The van der Waals surface area contributed by atoms with Gasteiger partial charge in [0.1, 0.15) is 15.4 Å². The average molecular weight is 462 g/mol. The van der Waals surface area contributed by atoms with E-state index in [0.29, 0.717) is 34.9 Å². The Morgan fingerprint density at radius 2 is 2.17 bits per heavy atom. The van der Waals surface area contributed by atoms with Crippen molar-refractivity contribution >= 4 is 60.0 Å². The number of thiophene rings is 1. The molecule has 0 spiro atoms. The highest BCUT2D eigenvalue weighted by Gasteiger charge is 2.35. The Kier molecular flexibility index (Phi) is 4.73. The normalized spacial score (nSPS) is 17.4. The minimum Gasteiger partial charge on any atom is -0.356 e. The van der Waals surface area contributed by atoms with E-state index in [1.807, 2.05) is 12.1 Å². The molecule has 0 aliphatic carbocycles. The Hall–Kier alpha value is -2.53. The zero-order valence-corrected chi connectivity index (χ0v) is 17.9. The number of hydrogen-bond acceptors (Lipinski definition) is 6. The number of carbonyl (C=O) groups excluding carboxylic acids is 1. The van der Waals surface area contributed by atoms with E-state index in [1.54, 1.807) is 29.4 Å². The summed E-state index contributed by atoms with van der Waals surface area (Å²) in [5.41, 5.74) is 2.29. The smallest absolute Gasteiger partial charge is 0.250 e. The molecule has 1 saturated heterocycles. The van der Waals surface area contributed by atoms with Gasteiger partial charge in [-0.3, -0.25) is 9.78 Å². The summed E-state index contributed by atoms with van der Waals surface area (Å²) in [5.74, 6) is -0.238. The summed E-state index contributed by atoms with van der Waals surface area (Å²) in [7, 11) is -3.85. The fourth-order valence-electron chi connectivity index (χ4n) is 3.58. The molecule has 4 aromatic heterocycles. The van der Waals surface area contributed by atoms with Crippen molar-refractivity contribution in [1.82, 2.24) is 24.6 Å². The lowest BCUT2D eigenvalue weighted by Gasteiger charge is -2.16. The lowest BCUT2D eigenvalue weighted by atomic mass is 10.3. The first-order valence-electron chi connectivity index (χ1n) is 9.18. The molecule has 30 heavy (non-hydrogen) atoms. The fourth-order valence-corrected chi connectivity index (χ4v) is 6.30. The maximum Gasteiger partial charge on any atom is 0.250 e. The van der Waals surface area contributed by atoms with E-state index in [1.165, 1.54) is 6.07 Å². The Bertz CT molecular complexity index is 1350. The first-order valence-corrected chi connectivity index (χ1v) is 11.9. The van der Waals surface area contributed by atoms with Gasteiger partial charge in [-0.15, -0.1) is 11.3 Å². The van der Waals surface area contributed by atoms with Gasteiger partial charge in [-0.2, -0.15) is 4.72 Å². The van der Waals surface area contributed by atoms with Crippen LogP contribution in [-0.2, 0) is 21.4 Å². The highest BCUT2D eigenvalue weighted by Crippen LogP contribution is 2.29. The van der Waals surface area contributed by atoms with Crippen LogP contribution in [0.2, 0.25) is 5.15 Å². The molecule has 0 saturated carbocycles. The predicted molar refractivity (Wildman–Crippen MR) is 115 cm³/mol. The molecule has 1 atom stereocenters. The van der Waals surface area contributed by atoms with Crippen molar-refractivity contribution in [1.29, 1.82) is 0 Å². The summed E-state index contributed by atoms with van der Waals surface area (Å²) >= 11 is 6.98. The standard InChI is InChI=1S/C19H16ClN5O3S2/c20-17-2-1-16-14(23-17)8-18(29-16)30(27,28)24-13-4-6-25(19(13)26)10-12-7-11-3-5-21-9-15(11)22-12/h1-3,5,7-9,13,22,24H,4,6,10H2/t13-/m0/s1. The number of fused-ring (bicyclic) bond motifs is 2. The molecule has 1 aliphatic heterocycles. The molecule has 8 nitrogen and oxygen atoms in total. The van der Waals surface area contributed by atoms with Gasteiger partial charge in [-0.05, 0) is 36.8 Å². The summed E-state index contributed by atoms with van der Waals surface area (Å²) < 4.78 is 29.0. The Morgan fingerprint density at radius 1 is 1.30 bits per heavy atom. The van der Waals surface area contributed by atoms with Crippen molar-refractivity contribution in [3.05, 3.63) is 53.6 Å². The van der Waals surface area contributed by atoms with Crippen LogP contribution in [0.3, 0.4) is 0 Å². The van der Waals surface area contributed by atoms with Gasteiger partial charge in [-0.1, -0.05) is 11.6 Å². The van der Waals surface area contributed by atoms with E-state index in [9.17, 15) is 13.2 Å². The first-order chi connectivity index (χ1) is 14.4. The highest BCUT2D eigenvalue weighted by atomic mass is 35.5. The molecule has 1 aliphatic rings. The molecule has 0 unspecified atom stereocenters. The molecule has 1 amide bonds. The third kappa shape index (κ3) is 3.56.